The Balaban J connectivity index is 1.90. The van der Waals surface area contributed by atoms with Crippen molar-refractivity contribution in [3.05, 3.63) is 94.1 Å². The molecule has 3 aromatic rings. The van der Waals surface area contributed by atoms with Crippen molar-refractivity contribution >= 4 is 0 Å². The smallest absolute Gasteiger partial charge is 0.0685 e. The second-order valence-electron chi connectivity index (χ2n) is 7.14. The molecule has 0 atom stereocenters. The van der Waals surface area contributed by atoms with Gasteiger partial charge in [-0.1, -0.05) is 30.3 Å². The van der Waals surface area contributed by atoms with E-state index in [1.54, 1.807) is 0 Å². The number of nitrogens with two attached hydrogens (primary N) is 1. The molecule has 146 valence electrons. The van der Waals surface area contributed by atoms with E-state index in [4.69, 9.17) is 5.73 Å². The van der Waals surface area contributed by atoms with E-state index in [-0.39, 0.29) is 6.61 Å². The molecule has 0 bridgehead atoms. The summed E-state index contributed by atoms with van der Waals surface area (Å²) in [6.45, 7) is 6.77. The molecular formula is C23H28N4O. The molecular weight excluding hydrogens is 348 g/mol. The van der Waals surface area contributed by atoms with E-state index in [0.717, 1.165) is 28.1 Å². The quantitative estimate of drug-likeness (QED) is 0.631. The molecule has 0 spiro atoms. The highest BCUT2D eigenvalue weighted by molar-refractivity contribution is 5.32. The van der Waals surface area contributed by atoms with Crippen LogP contribution >= 0.6 is 0 Å². The van der Waals surface area contributed by atoms with Gasteiger partial charge in [0.2, 0.25) is 0 Å². The number of hydrogen-bond donors (Lipinski definition) is 2. The SMILES string of the molecule is Cc1cccnc1CN(Cc1ccc(CN)cc1CO)Cc1ncccc1C. The Labute approximate surface area is 166 Å². The molecule has 0 saturated carbocycles. The van der Waals surface area contributed by atoms with Crippen molar-refractivity contribution in [3.63, 3.8) is 0 Å². The third kappa shape index (κ3) is 5.01. The van der Waals surface area contributed by atoms with Crippen LogP contribution in [0.1, 0.15) is 39.2 Å². The fraction of sp³-hybridized carbons (Fsp3) is 0.304. The number of rotatable bonds is 8. The molecule has 0 aliphatic carbocycles. The summed E-state index contributed by atoms with van der Waals surface area (Å²) in [6.07, 6.45) is 3.67. The third-order valence-corrected chi connectivity index (χ3v) is 5.05. The zero-order valence-electron chi connectivity index (χ0n) is 16.6. The lowest BCUT2D eigenvalue weighted by Crippen LogP contribution is -2.25. The minimum absolute atomic E-state index is 0.00223. The highest BCUT2D eigenvalue weighted by Crippen LogP contribution is 2.19. The standard InChI is InChI=1S/C23H28N4O/c1-17-5-3-9-25-22(17)14-27(15-23-18(2)6-4-10-26-23)13-20-8-7-19(12-24)11-21(20)16-28/h3-11,28H,12-16,24H2,1-2H3. The molecule has 0 radical (unpaired) electrons. The summed E-state index contributed by atoms with van der Waals surface area (Å²) >= 11 is 0. The summed E-state index contributed by atoms with van der Waals surface area (Å²) in [6, 6.07) is 14.2. The van der Waals surface area contributed by atoms with Gasteiger partial charge in [-0.25, -0.2) is 0 Å². The lowest BCUT2D eigenvalue weighted by molar-refractivity contribution is 0.234. The van der Waals surface area contributed by atoms with Crippen LogP contribution in [-0.2, 0) is 32.8 Å². The van der Waals surface area contributed by atoms with Crippen LogP contribution in [-0.4, -0.2) is 20.0 Å². The number of aryl methyl sites for hydroxylation is 2. The average Bonchev–Trinajstić information content (AvgIpc) is 2.71. The molecule has 0 unspecified atom stereocenters. The molecule has 0 saturated heterocycles. The van der Waals surface area contributed by atoms with Gasteiger partial charge in [-0.2, -0.15) is 0 Å². The van der Waals surface area contributed by atoms with Gasteiger partial charge in [0.05, 0.1) is 18.0 Å². The Bertz CT molecular complexity index is 878. The van der Waals surface area contributed by atoms with E-state index >= 15 is 0 Å². The average molecular weight is 377 g/mol. The van der Waals surface area contributed by atoms with E-state index in [9.17, 15) is 5.11 Å². The van der Waals surface area contributed by atoms with E-state index in [1.165, 1.54) is 11.1 Å². The predicted octanol–water partition coefficient (Wildman–Crippen LogP) is 3.25. The van der Waals surface area contributed by atoms with Gasteiger partial charge < -0.3 is 10.8 Å². The fourth-order valence-corrected chi connectivity index (χ4v) is 3.31. The summed E-state index contributed by atoms with van der Waals surface area (Å²) in [5.74, 6) is 0. The van der Waals surface area contributed by atoms with Crippen LogP contribution in [0.2, 0.25) is 0 Å². The first-order chi connectivity index (χ1) is 13.6. The molecule has 0 aliphatic rings. The summed E-state index contributed by atoms with van der Waals surface area (Å²) < 4.78 is 0. The molecule has 0 aliphatic heterocycles. The number of aliphatic hydroxyl groups excluding tert-OH is 1. The van der Waals surface area contributed by atoms with Crippen molar-refractivity contribution in [2.75, 3.05) is 0 Å². The van der Waals surface area contributed by atoms with Crippen LogP contribution in [0.4, 0.5) is 0 Å². The second kappa shape index (κ2) is 9.55. The predicted molar refractivity (Wildman–Crippen MR) is 111 cm³/mol. The second-order valence-corrected chi connectivity index (χ2v) is 7.14. The number of hydrogen-bond acceptors (Lipinski definition) is 5. The minimum Gasteiger partial charge on any atom is -0.392 e. The van der Waals surface area contributed by atoms with Crippen molar-refractivity contribution < 1.29 is 5.11 Å². The van der Waals surface area contributed by atoms with Crippen LogP contribution in [0.3, 0.4) is 0 Å². The van der Waals surface area contributed by atoms with Gasteiger partial charge in [0.1, 0.15) is 0 Å². The van der Waals surface area contributed by atoms with Crippen LogP contribution in [0.25, 0.3) is 0 Å². The summed E-state index contributed by atoms with van der Waals surface area (Å²) in [4.78, 5) is 11.5. The Kier molecular flexibility index (Phi) is 6.87. The Hall–Kier alpha value is -2.60. The van der Waals surface area contributed by atoms with Crippen molar-refractivity contribution in [1.29, 1.82) is 0 Å². The van der Waals surface area contributed by atoms with E-state index < -0.39 is 0 Å². The van der Waals surface area contributed by atoms with Crippen molar-refractivity contribution in [2.45, 2.75) is 46.6 Å². The number of aliphatic hydroxyl groups is 1. The summed E-state index contributed by atoms with van der Waals surface area (Å²) in [5.41, 5.74) is 13.3. The van der Waals surface area contributed by atoms with Gasteiger partial charge in [0.15, 0.2) is 0 Å². The molecule has 28 heavy (non-hydrogen) atoms. The minimum atomic E-state index is 0.00223. The van der Waals surface area contributed by atoms with E-state index in [1.807, 2.05) is 36.7 Å². The topological polar surface area (TPSA) is 75.3 Å². The normalized spacial score (nSPS) is 11.2. The molecule has 2 heterocycles. The van der Waals surface area contributed by atoms with Crippen molar-refractivity contribution in [3.8, 4) is 0 Å². The van der Waals surface area contributed by atoms with Gasteiger partial charge in [-0.15, -0.1) is 0 Å². The third-order valence-electron chi connectivity index (χ3n) is 5.05. The van der Waals surface area contributed by atoms with Crippen LogP contribution < -0.4 is 5.73 Å². The van der Waals surface area contributed by atoms with Crippen molar-refractivity contribution in [2.24, 2.45) is 5.73 Å². The van der Waals surface area contributed by atoms with Crippen molar-refractivity contribution in [1.82, 2.24) is 14.9 Å². The van der Waals surface area contributed by atoms with Gasteiger partial charge in [0, 0.05) is 38.6 Å². The maximum absolute atomic E-state index is 9.83. The first-order valence-electron chi connectivity index (χ1n) is 9.55. The van der Waals surface area contributed by atoms with Crippen LogP contribution in [0.5, 0.6) is 0 Å². The lowest BCUT2D eigenvalue weighted by atomic mass is 10.0. The molecule has 5 nitrogen and oxygen atoms in total. The lowest BCUT2D eigenvalue weighted by Gasteiger charge is -2.24. The monoisotopic (exact) mass is 376 g/mol. The fourth-order valence-electron chi connectivity index (χ4n) is 3.31. The highest BCUT2D eigenvalue weighted by atomic mass is 16.3. The maximum Gasteiger partial charge on any atom is 0.0685 e. The number of pyridine rings is 2. The van der Waals surface area contributed by atoms with E-state index in [2.05, 4.69) is 46.9 Å². The molecule has 1 aromatic carbocycles. The number of aromatic nitrogens is 2. The zero-order chi connectivity index (χ0) is 19.9. The maximum atomic E-state index is 9.83. The van der Waals surface area contributed by atoms with Crippen LogP contribution in [0.15, 0.2) is 54.9 Å². The Morgan fingerprint density at radius 3 is 1.96 bits per heavy atom. The molecule has 3 rings (SSSR count). The zero-order valence-corrected chi connectivity index (χ0v) is 16.6. The molecule has 0 fully saturated rings. The van der Waals surface area contributed by atoms with Gasteiger partial charge in [-0.3, -0.25) is 14.9 Å². The van der Waals surface area contributed by atoms with Crippen LogP contribution in [0, 0.1) is 13.8 Å². The molecule has 0 amide bonds. The Morgan fingerprint density at radius 1 is 0.857 bits per heavy atom. The van der Waals surface area contributed by atoms with Gasteiger partial charge >= 0.3 is 0 Å². The first kappa shape index (κ1) is 20.1. The molecule has 5 heteroatoms. The first-order valence-corrected chi connectivity index (χ1v) is 9.55. The number of benzene rings is 1. The largest absolute Gasteiger partial charge is 0.392 e. The molecule has 3 N–H and O–H groups in total. The summed E-state index contributed by atoms with van der Waals surface area (Å²) in [7, 11) is 0. The summed E-state index contributed by atoms with van der Waals surface area (Å²) in [5, 5.41) is 9.83. The Morgan fingerprint density at radius 2 is 1.46 bits per heavy atom. The number of nitrogens with zero attached hydrogens (tertiary/aromatic N) is 3. The van der Waals surface area contributed by atoms with Gasteiger partial charge in [-0.05, 0) is 53.8 Å². The highest BCUT2D eigenvalue weighted by Gasteiger charge is 2.14. The van der Waals surface area contributed by atoms with Gasteiger partial charge in [0.25, 0.3) is 0 Å². The van der Waals surface area contributed by atoms with E-state index in [0.29, 0.717) is 26.2 Å². The molecule has 2 aromatic heterocycles.